The fourth-order valence-electron chi connectivity index (χ4n) is 0.345. The molecule has 3 heteroatoms. The van der Waals surface area contributed by atoms with Gasteiger partial charge in [0.2, 0.25) is 0 Å². The second kappa shape index (κ2) is 4.60. The Morgan fingerprint density at radius 2 is 2.09 bits per heavy atom. The average molecular weight is 266 g/mol. The minimum absolute atomic E-state index is 0.193. The highest BCUT2D eigenvalue weighted by atomic mass is 127. The average Bonchev–Trinajstić information content (AvgIpc) is 1.86. The van der Waals surface area contributed by atoms with E-state index in [2.05, 4.69) is 9.85 Å². The molecule has 0 aromatic heterocycles. The van der Waals surface area contributed by atoms with Gasteiger partial charge in [0.1, 0.15) is 0 Å². The molecule has 0 heterocycles. The Morgan fingerprint density at radius 3 is 2.45 bits per heavy atom. The van der Waals surface area contributed by atoms with Gasteiger partial charge in [0.15, 0.2) is 6.61 Å². The normalized spacial score (nSPS) is 9.82. The lowest BCUT2D eigenvalue weighted by molar-refractivity contribution is -0.151. The molecular formula is C8H11IO2. The monoisotopic (exact) mass is 266 g/mol. The Balaban J connectivity index is 3.77. The van der Waals surface area contributed by atoms with E-state index in [4.69, 9.17) is 4.74 Å². The maximum absolute atomic E-state index is 11.0. The molecule has 0 atom stereocenters. The van der Waals surface area contributed by atoms with Crippen LogP contribution in [0.1, 0.15) is 20.8 Å². The molecule has 0 radical (unpaired) electrons. The minimum atomic E-state index is -0.424. The minimum Gasteiger partial charge on any atom is -0.452 e. The van der Waals surface area contributed by atoms with Crippen LogP contribution >= 0.6 is 22.6 Å². The zero-order valence-corrected chi connectivity index (χ0v) is 9.06. The molecule has 0 aliphatic heterocycles. The Bertz CT molecular complexity index is 192. The largest absolute Gasteiger partial charge is 0.452 e. The van der Waals surface area contributed by atoms with Gasteiger partial charge >= 0.3 is 5.97 Å². The summed E-state index contributed by atoms with van der Waals surface area (Å²) in [7, 11) is 0. The standard InChI is InChI=1S/C8H11IO2/c1-8(2,3)7(10)11-6-4-5-9/h6H2,1-3H3. The molecule has 0 rings (SSSR count). The van der Waals surface area contributed by atoms with Gasteiger partial charge in [-0.3, -0.25) is 4.79 Å². The summed E-state index contributed by atoms with van der Waals surface area (Å²) in [5.74, 6) is 2.43. The van der Waals surface area contributed by atoms with Gasteiger partial charge in [-0.2, -0.15) is 0 Å². The molecule has 0 unspecified atom stereocenters. The van der Waals surface area contributed by atoms with E-state index in [0.717, 1.165) is 0 Å². The first-order chi connectivity index (χ1) is 4.98. The Kier molecular flexibility index (Phi) is 4.50. The summed E-state index contributed by atoms with van der Waals surface area (Å²) < 4.78 is 7.45. The predicted molar refractivity (Wildman–Crippen MR) is 52.2 cm³/mol. The van der Waals surface area contributed by atoms with Crippen molar-refractivity contribution in [3.63, 3.8) is 0 Å². The molecule has 62 valence electrons. The fraction of sp³-hybridized carbons (Fsp3) is 0.625. The molecular weight excluding hydrogens is 255 g/mol. The van der Waals surface area contributed by atoms with Crippen LogP contribution in [0.25, 0.3) is 0 Å². The fourth-order valence-corrected chi connectivity index (χ4v) is 0.501. The van der Waals surface area contributed by atoms with Crippen LogP contribution in [0.15, 0.2) is 0 Å². The lowest BCUT2D eigenvalue weighted by atomic mass is 9.97. The molecule has 0 aromatic rings. The van der Waals surface area contributed by atoms with E-state index in [0.29, 0.717) is 0 Å². The Labute approximate surface area is 80.8 Å². The highest BCUT2D eigenvalue weighted by molar-refractivity contribution is 14.1. The van der Waals surface area contributed by atoms with Gasteiger partial charge in [0.25, 0.3) is 0 Å². The van der Waals surface area contributed by atoms with Crippen molar-refractivity contribution in [1.82, 2.24) is 0 Å². The molecule has 0 amide bonds. The summed E-state index contributed by atoms with van der Waals surface area (Å²) in [6.45, 7) is 5.63. The summed E-state index contributed by atoms with van der Waals surface area (Å²) in [4.78, 5) is 11.0. The zero-order valence-electron chi connectivity index (χ0n) is 6.90. The molecule has 0 fully saturated rings. The third-order valence-corrected chi connectivity index (χ3v) is 1.34. The van der Waals surface area contributed by atoms with Crippen LogP contribution in [0.2, 0.25) is 0 Å². The van der Waals surface area contributed by atoms with Crippen LogP contribution in [0.5, 0.6) is 0 Å². The number of carbonyl (C=O) groups excluding carboxylic acids is 1. The molecule has 0 aliphatic rings. The smallest absolute Gasteiger partial charge is 0.312 e. The number of rotatable bonds is 1. The van der Waals surface area contributed by atoms with Gasteiger partial charge in [-0.1, -0.05) is 5.92 Å². The van der Waals surface area contributed by atoms with Crippen LogP contribution in [0, 0.1) is 15.3 Å². The highest BCUT2D eigenvalue weighted by Crippen LogP contribution is 2.14. The highest BCUT2D eigenvalue weighted by Gasteiger charge is 2.22. The first-order valence-electron chi connectivity index (χ1n) is 3.24. The topological polar surface area (TPSA) is 26.3 Å². The summed E-state index contributed by atoms with van der Waals surface area (Å²) in [6.07, 6.45) is 0. The second-order valence-electron chi connectivity index (χ2n) is 3.10. The van der Waals surface area contributed by atoms with Gasteiger partial charge in [-0.25, -0.2) is 0 Å². The summed E-state index contributed by atoms with van der Waals surface area (Å²) in [6, 6.07) is 0. The van der Waals surface area contributed by atoms with Crippen molar-refractivity contribution in [3.05, 3.63) is 0 Å². The third kappa shape index (κ3) is 5.08. The molecule has 11 heavy (non-hydrogen) atoms. The van der Waals surface area contributed by atoms with E-state index in [1.165, 1.54) is 0 Å². The lowest BCUT2D eigenvalue weighted by Crippen LogP contribution is -2.22. The molecule has 0 N–H and O–H groups in total. The molecule has 0 aliphatic carbocycles. The molecule has 2 nitrogen and oxygen atoms in total. The molecule has 0 bridgehead atoms. The quantitative estimate of drug-likeness (QED) is 0.412. The van der Waals surface area contributed by atoms with E-state index >= 15 is 0 Å². The number of esters is 1. The summed E-state index contributed by atoms with van der Waals surface area (Å²) in [5.41, 5.74) is -0.424. The lowest BCUT2D eigenvalue weighted by Gasteiger charge is -2.14. The number of hydrogen-bond donors (Lipinski definition) is 0. The van der Waals surface area contributed by atoms with Crippen molar-refractivity contribution in [2.75, 3.05) is 6.61 Å². The maximum atomic E-state index is 11.0. The Hall–Kier alpha value is -0.240. The van der Waals surface area contributed by atoms with Crippen molar-refractivity contribution >= 4 is 28.6 Å². The van der Waals surface area contributed by atoms with E-state index in [-0.39, 0.29) is 12.6 Å². The number of ether oxygens (including phenoxy) is 1. The molecule has 0 saturated heterocycles. The SMILES string of the molecule is CC(C)(C)C(=O)OCC#CI. The number of carbonyl (C=O) groups is 1. The van der Waals surface area contributed by atoms with Crippen LogP contribution < -0.4 is 0 Å². The number of halogens is 1. The van der Waals surface area contributed by atoms with Gasteiger partial charge < -0.3 is 4.74 Å². The summed E-state index contributed by atoms with van der Waals surface area (Å²) in [5, 5.41) is 0. The van der Waals surface area contributed by atoms with Crippen LogP contribution in [0.3, 0.4) is 0 Å². The van der Waals surface area contributed by atoms with Crippen molar-refractivity contribution in [3.8, 4) is 9.85 Å². The zero-order chi connectivity index (χ0) is 8.91. The van der Waals surface area contributed by atoms with Crippen LogP contribution in [-0.4, -0.2) is 12.6 Å². The van der Waals surface area contributed by atoms with E-state index in [1.54, 1.807) is 0 Å². The predicted octanol–water partition coefficient (Wildman–Crippen LogP) is 1.97. The van der Waals surface area contributed by atoms with Crippen molar-refractivity contribution in [1.29, 1.82) is 0 Å². The van der Waals surface area contributed by atoms with Crippen LogP contribution in [-0.2, 0) is 9.53 Å². The van der Waals surface area contributed by atoms with E-state index in [1.807, 2.05) is 43.4 Å². The first-order valence-corrected chi connectivity index (χ1v) is 4.32. The third-order valence-electron chi connectivity index (χ3n) is 0.955. The molecule has 0 saturated carbocycles. The van der Waals surface area contributed by atoms with Gasteiger partial charge in [0.05, 0.1) is 5.41 Å². The van der Waals surface area contributed by atoms with E-state index in [9.17, 15) is 4.79 Å². The maximum Gasteiger partial charge on any atom is 0.312 e. The van der Waals surface area contributed by atoms with Gasteiger partial charge in [-0.15, -0.1) is 0 Å². The summed E-state index contributed by atoms with van der Waals surface area (Å²) >= 11 is 1.90. The Morgan fingerprint density at radius 1 is 1.55 bits per heavy atom. The second-order valence-corrected chi connectivity index (χ2v) is 3.64. The van der Waals surface area contributed by atoms with Crippen LogP contribution in [0.4, 0.5) is 0 Å². The van der Waals surface area contributed by atoms with Gasteiger partial charge in [0, 0.05) is 22.6 Å². The van der Waals surface area contributed by atoms with Crippen molar-refractivity contribution < 1.29 is 9.53 Å². The first kappa shape index (κ1) is 10.8. The molecule has 0 aromatic carbocycles. The van der Waals surface area contributed by atoms with Crippen molar-refractivity contribution in [2.45, 2.75) is 20.8 Å². The van der Waals surface area contributed by atoms with Crippen molar-refractivity contribution in [2.24, 2.45) is 5.41 Å². The van der Waals surface area contributed by atoms with Gasteiger partial charge in [-0.05, 0) is 24.7 Å². The molecule has 0 spiro atoms. The van der Waals surface area contributed by atoms with E-state index < -0.39 is 5.41 Å². The number of hydrogen-bond acceptors (Lipinski definition) is 2.